The number of hydrogen-bond donors (Lipinski definition) is 3. The van der Waals surface area contributed by atoms with Crippen molar-refractivity contribution in [2.45, 2.75) is 54.2 Å². The van der Waals surface area contributed by atoms with Gasteiger partial charge in [0.25, 0.3) is 11.8 Å². The number of benzene rings is 1. The van der Waals surface area contributed by atoms with Crippen LogP contribution in [0.25, 0.3) is 0 Å². The number of fused-ring (bicyclic) bond motifs is 1. The van der Waals surface area contributed by atoms with Gasteiger partial charge in [-0.3, -0.25) is 14.3 Å². The van der Waals surface area contributed by atoms with Crippen LogP contribution in [-0.4, -0.2) is 80.4 Å². The molecular weight excluding hydrogens is 508 g/mol. The van der Waals surface area contributed by atoms with Crippen molar-refractivity contribution < 1.29 is 28.2 Å². The summed E-state index contributed by atoms with van der Waals surface area (Å²) in [5, 5.41) is 27.3. The number of halogens is 1. The summed E-state index contributed by atoms with van der Waals surface area (Å²) in [7, 11) is -2.19. The second kappa shape index (κ2) is 8.83. The van der Waals surface area contributed by atoms with Gasteiger partial charge >= 0.3 is 0 Å². The Morgan fingerprint density at radius 1 is 1.22 bits per heavy atom. The van der Waals surface area contributed by atoms with Crippen molar-refractivity contribution in [2.75, 3.05) is 19.7 Å². The molecule has 0 unspecified atom stereocenters. The highest BCUT2D eigenvalue weighted by Gasteiger charge is 2.70. The Kier molecular flexibility index (Phi) is 6.18. The summed E-state index contributed by atoms with van der Waals surface area (Å²) in [6.45, 7) is -0.0406. The SMILES string of the molecule is Cn1nc(C(=O)NCc2ccc(Cl)cc2)c2c1C(=O)N(CC1(S(=O)(=O)C3([C@@H](O)CO)CC3)CC1)CC2. The van der Waals surface area contributed by atoms with Crippen LogP contribution in [0.2, 0.25) is 5.02 Å². The maximum absolute atomic E-state index is 13.5. The molecule has 3 N–H and O–H groups in total. The van der Waals surface area contributed by atoms with Gasteiger partial charge in [-0.15, -0.1) is 0 Å². The van der Waals surface area contributed by atoms with Gasteiger partial charge in [-0.1, -0.05) is 23.7 Å². The first-order chi connectivity index (χ1) is 17.0. The molecule has 194 valence electrons. The molecule has 1 aliphatic heterocycles. The quantitative estimate of drug-likeness (QED) is 0.431. The number of nitrogens with one attached hydrogen (secondary N) is 1. The van der Waals surface area contributed by atoms with Crippen molar-refractivity contribution in [2.24, 2.45) is 7.05 Å². The van der Waals surface area contributed by atoms with Gasteiger partial charge in [-0.25, -0.2) is 8.42 Å². The van der Waals surface area contributed by atoms with E-state index in [1.165, 1.54) is 9.58 Å². The van der Waals surface area contributed by atoms with Crippen LogP contribution in [0.1, 0.15) is 57.8 Å². The van der Waals surface area contributed by atoms with Gasteiger partial charge in [-0.2, -0.15) is 5.10 Å². The highest BCUT2D eigenvalue weighted by Crippen LogP contribution is 2.58. The molecule has 0 saturated heterocycles. The smallest absolute Gasteiger partial charge is 0.272 e. The molecular formula is C24H29ClN4O6S. The fourth-order valence-electron chi connectivity index (χ4n) is 5.27. The maximum atomic E-state index is 13.5. The summed E-state index contributed by atoms with van der Waals surface area (Å²) in [6, 6.07) is 7.10. The molecule has 0 bridgehead atoms. The predicted molar refractivity (Wildman–Crippen MR) is 131 cm³/mol. The number of aromatic nitrogens is 2. The number of sulfone groups is 1. The van der Waals surface area contributed by atoms with Crippen LogP contribution in [-0.2, 0) is 29.9 Å². The van der Waals surface area contributed by atoms with E-state index in [1.807, 2.05) is 12.1 Å². The summed E-state index contributed by atoms with van der Waals surface area (Å²) in [4.78, 5) is 27.8. The van der Waals surface area contributed by atoms with Crippen LogP contribution < -0.4 is 5.32 Å². The van der Waals surface area contributed by atoms with Crippen molar-refractivity contribution in [1.29, 1.82) is 0 Å². The lowest BCUT2D eigenvalue weighted by Gasteiger charge is -2.33. The van der Waals surface area contributed by atoms with Crippen LogP contribution in [0.4, 0.5) is 0 Å². The molecule has 2 fully saturated rings. The average molecular weight is 537 g/mol. The van der Waals surface area contributed by atoms with Gasteiger partial charge < -0.3 is 20.4 Å². The summed E-state index contributed by atoms with van der Waals surface area (Å²) in [5.74, 6) is -0.755. The number of aliphatic hydroxyl groups excluding tert-OH is 2. The van der Waals surface area contributed by atoms with Crippen molar-refractivity contribution >= 4 is 33.3 Å². The van der Waals surface area contributed by atoms with Gasteiger partial charge in [0.1, 0.15) is 10.4 Å². The van der Waals surface area contributed by atoms with Gasteiger partial charge in [0, 0.05) is 37.3 Å². The van der Waals surface area contributed by atoms with E-state index >= 15 is 0 Å². The second-order valence-electron chi connectivity index (χ2n) is 10.0. The summed E-state index contributed by atoms with van der Waals surface area (Å²) < 4.78 is 26.0. The van der Waals surface area contributed by atoms with Crippen LogP contribution in [0.5, 0.6) is 0 Å². The van der Waals surface area contributed by atoms with E-state index in [1.54, 1.807) is 19.2 Å². The fourth-order valence-corrected chi connectivity index (χ4v) is 8.30. The molecule has 3 aliphatic rings. The molecule has 5 rings (SSSR count). The molecule has 2 heterocycles. The predicted octanol–water partition coefficient (Wildman–Crippen LogP) is 0.835. The van der Waals surface area contributed by atoms with Gasteiger partial charge in [-0.05, 0) is 49.8 Å². The van der Waals surface area contributed by atoms with Crippen LogP contribution >= 0.6 is 11.6 Å². The minimum Gasteiger partial charge on any atom is -0.394 e. The first-order valence-corrected chi connectivity index (χ1v) is 13.8. The van der Waals surface area contributed by atoms with E-state index in [9.17, 15) is 28.2 Å². The standard InChI is InChI=1S/C24H29ClN4O6S/c1-28-20-17(19(27-28)21(32)26-12-15-2-4-16(25)5-3-15)6-11-29(22(20)33)14-23(7-8-23)36(34,35)24(9-10-24)18(31)13-30/h2-5,18,30-31H,6-14H2,1H3,(H,26,32)/t18-/m0/s1. The Morgan fingerprint density at radius 2 is 1.89 bits per heavy atom. The third-order valence-electron chi connectivity index (χ3n) is 7.76. The number of carbonyl (C=O) groups is 2. The monoisotopic (exact) mass is 536 g/mol. The van der Waals surface area contributed by atoms with Crippen LogP contribution in [0, 0.1) is 0 Å². The number of aryl methyl sites for hydroxylation is 1. The minimum atomic E-state index is -3.78. The van der Waals surface area contributed by atoms with E-state index in [4.69, 9.17) is 11.6 Å². The van der Waals surface area contributed by atoms with Crippen molar-refractivity contribution in [3.63, 3.8) is 0 Å². The number of nitrogens with zero attached hydrogens (tertiary/aromatic N) is 3. The Bertz CT molecular complexity index is 1310. The van der Waals surface area contributed by atoms with E-state index in [0.29, 0.717) is 42.7 Å². The third kappa shape index (κ3) is 3.93. The molecule has 2 amide bonds. The molecule has 10 nitrogen and oxygen atoms in total. The van der Waals surface area contributed by atoms with Gasteiger partial charge in [0.2, 0.25) is 0 Å². The molecule has 2 saturated carbocycles. The zero-order chi connectivity index (χ0) is 25.9. The van der Waals surface area contributed by atoms with Gasteiger partial charge in [0.15, 0.2) is 15.5 Å². The van der Waals surface area contributed by atoms with E-state index < -0.39 is 37.9 Å². The molecule has 36 heavy (non-hydrogen) atoms. The largest absolute Gasteiger partial charge is 0.394 e. The zero-order valence-corrected chi connectivity index (χ0v) is 21.5. The Morgan fingerprint density at radius 3 is 2.47 bits per heavy atom. The second-order valence-corrected chi connectivity index (χ2v) is 13.2. The molecule has 0 radical (unpaired) electrons. The molecule has 1 aromatic heterocycles. The Labute approximate surface area is 214 Å². The zero-order valence-electron chi connectivity index (χ0n) is 19.9. The Hall–Kier alpha value is -2.47. The van der Waals surface area contributed by atoms with Crippen molar-refractivity contribution in [3.8, 4) is 0 Å². The van der Waals surface area contributed by atoms with E-state index in [0.717, 1.165) is 5.56 Å². The Balaban J connectivity index is 1.32. The van der Waals surface area contributed by atoms with Crippen LogP contribution in [0.3, 0.4) is 0 Å². The first-order valence-electron chi connectivity index (χ1n) is 12.0. The number of amides is 2. The number of rotatable bonds is 9. The lowest BCUT2D eigenvalue weighted by molar-refractivity contribution is 0.0720. The maximum Gasteiger partial charge on any atom is 0.272 e. The van der Waals surface area contributed by atoms with Gasteiger partial charge in [0.05, 0.1) is 17.5 Å². The lowest BCUT2D eigenvalue weighted by Crippen LogP contribution is -2.51. The van der Waals surface area contributed by atoms with Crippen molar-refractivity contribution in [1.82, 2.24) is 20.0 Å². The topological polar surface area (TPSA) is 142 Å². The van der Waals surface area contributed by atoms with Crippen LogP contribution in [0.15, 0.2) is 24.3 Å². The highest BCUT2D eigenvalue weighted by molar-refractivity contribution is 7.94. The minimum absolute atomic E-state index is 0.0246. The highest BCUT2D eigenvalue weighted by atomic mass is 35.5. The summed E-state index contributed by atoms with van der Waals surface area (Å²) in [6.07, 6.45) is 0.500. The lowest BCUT2D eigenvalue weighted by atomic mass is 10.0. The molecule has 0 spiro atoms. The summed E-state index contributed by atoms with van der Waals surface area (Å²) >= 11 is 5.90. The van der Waals surface area contributed by atoms with E-state index in [2.05, 4.69) is 10.4 Å². The molecule has 2 aromatic rings. The molecule has 12 heteroatoms. The molecule has 1 atom stereocenters. The van der Waals surface area contributed by atoms with E-state index in [-0.39, 0.29) is 36.9 Å². The van der Waals surface area contributed by atoms with Crippen molar-refractivity contribution in [3.05, 3.63) is 51.8 Å². The number of hydrogen-bond acceptors (Lipinski definition) is 7. The average Bonchev–Trinajstić information content (AvgIpc) is 3.78. The third-order valence-corrected chi connectivity index (χ3v) is 11.4. The molecule has 1 aromatic carbocycles. The number of carbonyl (C=O) groups excluding carboxylic acids is 2. The number of aliphatic hydroxyl groups is 2. The summed E-state index contributed by atoms with van der Waals surface area (Å²) in [5.41, 5.74) is 1.89. The molecule has 2 aliphatic carbocycles. The normalized spacial score (nSPS) is 20.6. The first kappa shape index (κ1) is 25.2. The fraction of sp³-hybridized carbons (Fsp3) is 0.542.